The lowest BCUT2D eigenvalue weighted by Gasteiger charge is -2.08. The fourth-order valence-corrected chi connectivity index (χ4v) is 3.29. The molecule has 9 heteroatoms. The molecule has 0 bridgehead atoms. The zero-order valence-corrected chi connectivity index (χ0v) is 18.0. The van der Waals surface area contributed by atoms with Crippen molar-refractivity contribution in [2.24, 2.45) is 0 Å². The molecule has 1 aromatic heterocycles. The van der Waals surface area contributed by atoms with Gasteiger partial charge in [0.1, 0.15) is 23.3 Å². The smallest absolute Gasteiger partial charge is 0.345 e. The number of benzene rings is 3. The molecule has 0 aliphatic rings. The van der Waals surface area contributed by atoms with Crippen molar-refractivity contribution < 1.29 is 23.6 Å². The van der Waals surface area contributed by atoms with Gasteiger partial charge in [-0.3, -0.25) is 14.9 Å². The van der Waals surface area contributed by atoms with E-state index >= 15 is 0 Å². The fourth-order valence-electron chi connectivity index (χ4n) is 3.09. The normalized spacial score (nSPS) is 10.7. The van der Waals surface area contributed by atoms with Crippen molar-refractivity contribution in [3.63, 3.8) is 0 Å². The third kappa shape index (κ3) is 4.70. The summed E-state index contributed by atoms with van der Waals surface area (Å²) in [4.78, 5) is 35.6. The number of hydrogen-bond acceptors (Lipinski definition) is 7. The van der Waals surface area contributed by atoms with Crippen molar-refractivity contribution in [1.29, 1.82) is 0 Å². The van der Waals surface area contributed by atoms with Gasteiger partial charge in [-0.05, 0) is 42.3 Å². The van der Waals surface area contributed by atoms with Gasteiger partial charge in [0.15, 0.2) is 0 Å². The van der Waals surface area contributed by atoms with E-state index in [1.807, 2.05) is 19.1 Å². The van der Waals surface area contributed by atoms with Gasteiger partial charge in [0.25, 0.3) is 5.69 Å². The first-order chi connectivity index (χ1) is 15.9. The third-order valence-corrected chi connectivity index (χ3v) is 5.19. The molecule has 0 saturated carbocycles. The van der Waals surface area contributed by atoms with E-state index in [1.165, 1.54) is 36.6 Å². The van der Waals surface area contributed by atoms with Gasteiger partial charge < -0.3 is 13.9 Å². The van der Waals surface area contributed by atoms with E-state index in [-0.39, 0.29) is 38.7 Å². The molecule has 0 N–H and O–H groups in total. The number of ether oxygens (including phenoxy) is 2. The average Bonchev–Trinajstić information content (AvgIpc) is 2.81. The second kappa shape index (κ2) is 9.13. The van der Waals surface area contributed by atoms with Crippen LogP contribution in [0, 0.1) is 10.1 Å². The molecule has 0 amide bonds. The molecule has 0 spiro atoms. The Morgan fingerprint density at radius 1 is 1.06 bits per heavy atom. The van der Waals surface area contributed by atoms with Crippen LogP contribution in [0.1, 0.15) is 22.8 Å². The van der Waals surface area contributed by atoms with E-state index in [4.69, 9.17) is 25.5 Å². The van der Waals surface area contributed by atoms with Gasteiger partial charge in [-0.1, -0.05) is 30.7 Å². The maximum absolute atomic E-state index is 12.8. The Balaban J connectivity index is 1.58. The zero-order valence-electron chi connectivity index (χ0n) is 17.2. The molecule has 4 rings (SSSR count). The molecule has 166 valence electrons. The first-order valence-electron chi connectivity index (χ1n) is 9.84. The summed E-state index contributed by atoms with van der Waals surface area (Å²) >= 11 is 5.98. The van der Waals surface area contributed by atoms with E-state index in [2.05, 4.69) is 0 Å². The Morgan fingerprint density at radius 3 is 2.48 bits per heavy atom. The Hall–Kier alpha value is -4.17. The van der Waals surface area contributed by atoms with Crippen LogP contribution >= 0.6 is 11.6 Å². The molecule has 0 aliphatic heterocycles. The van der Waals surface area contributed by atoms with Crippen molar-refractivity contribution >= 4 is 34.2 Å². The number of carbonyl (C=O) groups excluding carboxylic acids is 1. The Kier molecular flexibility index (Phi) is 6.10. The second-order valence-corrected chi connectivity index (χ2v) is 7.40. The molecular formula is C24H16ClNO7. The molecule has 0 aliphatic carbocycles. The highest BCUT2D eigenvalue weighted by Crippen LogP contribution is 2.27. The number of nitro groups is 1. The molecule has 0 atom stereocenters. The third-order valence-electron chi connectivity index (χ3n) is 4.87. The number of nitrogens with zero attached hydrogens (tertiary/aromatic N) is 1. The van der Waals surface area contributed by atoms with Crippen LogP contribution in [0.25, 0.3) is 11.0 Å². The molecule has 0 unspecified atom stereocenters. The lowest BCUT2D eigenvalue weighted by Crippen LogP contribution is -2.10. The van der Waals surface area contributed by atoms with Gasteiger partial charge in [0.2, 0.25) is 11.2 Å². The number of hydrogen-bond donors (Lipinski definition) is 0. The van der Waals surface area contributed by atoms with Crippen LogP contribution in [0.4, 0.5) is 5.69 Å². The number of esters is 1. The lowest BCUT2D eigenvalue weighted by atomic mass is 10.2. The van der Waals surface area contributed by atoms with Gasteiger partial charge in [0, 0.05) is 18.2 Å². The largest absolute Gasteiger partial charge is 0.460 e. The summed E-state index contributed by atoms with van der Waals surface area (Å²) < 4.78 is 16.4. The molecule has 0 saturated heterocycles. The molecular weight excluding hydrogens is 450 g/mol. The minimum atomic E-state index is -0.888. The summed E-state index contributed by atoms with van der Waals surface area (Å²) in [6.07, 6.45) is 2.07. The molecule has 0 fully saturated rings. The van der Waals surface area contributed by atoms with E-state index in [1.54, 1.807) is 12.1 Å². The lowest BCUT2D eigenvalue weighted by molar-refractivity contribution is -0.384. The zero-order chi connectivity index (χ0) is 23.5. The molecule has 1 heterocycles. The van der Waals surface area contributed by atoms with Crippen LogP contribution in [0.15, 0.2) is 76.1 Å². The molecule has 4 aromatic rings. The Morgan fingerprint density at radius 2 is 1.79 bits per heavy atom. The van der Waals surface area contributed by atoms with E-state index in [9.17, 15) is 19.7 Å². The van der Waals surface area contributed by atoms with Crippen LogP contribution < -0.4 is 14.9 Å². The minimum absolute atomic E-state index is 0.00619. The average molecular weight is 466 g/mol. The van der Waals surface area contributed by atoms with Crippen molar-refractivity contribution in [3.05, 3.63) is 103 Å². The van der Waals surface area contributed by atoms with Crippen LogP contribution in [-0.4, -0.2) is 10.9 Å². The summed E-state index contributed by atoms with van der Waals surface area (Å²) in [7, 11) is 0. The number of aryl methyl sites for hydroxylation is 1. The molecule has 8 nitrogen and oxygen atoms in total. The topological polar surface area (TPSA) is 109 Å². The number of fused-ring (bicyclic) bond motifs is 1. The summed E-state index contributed by atoms with van der Waals surface area (Å²) in [5.74, 6) is -0.305. The predicted molar refractivity (Wildman–Crippen MR) is 121 cm³/mol. The van der Waals surface area contributed by atoms with Crippen molar-refractivity contribution in [3.8, 4) is 17.2 Å². The second-order valence-electron chi connectivity index (χ2n) is 7.00. The predicted octanol–water partition coefficient (Wildman–Crippen LogP) is 5.93. The highest BCUT2D eigenvalue weighted by Gasteiger charge is 2.18. The monoisotopic (exact) mass is 465 g/mol. The quantitative estimate of drug-likeness (QED) is 0.150. The first-order valence-corrected chi connectivity index (χ1v) is 10.2. The van der Waals surface area contributed by atoms with Gasteiger partial charge >= 0.3 is 5.97 Å². The first kappa shape index (κ1) is 22.0. The number of non-ortho nitro benzene ring substituents is 1. The highest BCUT2D eigenvalue weighted by atomic mass is 35.5. The van der Waals surface area contributed by atoms with Crippen LogP contribution in [-0.2, 0) is 6.42 Å². The number of nitro benzene ring substituents is 1. The van der Waals surface area contributed by atoms with Gasteiger partial charge in [0.05, 0.1) is 20.9 Å². The standard InChI is InChI=1S/C24H16ClNO7/c1-2-14-3-6-16(7-4-14)32-22-13-31-21-12-17(8-9-18(21)23(22)27)33-24(28)19-11-15(26(29)30)5-10-20(19)25/h3-13H,2H2,1H3. The van der Waals surface area contributed by atoms with Gasteiger partial charge in [-0.25, -0.2) is 4.79 Å². The fraction of sp³-hybridized carbons (Fsp3) is 0.0833. The van der Waals surface area contributed by atoms with E-state index < -0.39 is 16.3 Å². The molecule has 0 radical (unpaired) electrons. The summed E-state index contributed by atoms with van der Waals surface area (Å²) in [6, 6.07) is 15.0. The molecule has 3 aromatic carbocycles. The Bertz CT molecular complexity index is 1430. The van der Waals surface area contributed by atoms with E-state index in [0.717, 1.165) is 18.1 Å². The van der Waals surface area contributed by atoms with Crippen molar-refractivity contribution in [2.45, 2.75) is 13.3 Å². The maximum Gasteiger partial charge on any atom is 0.345 e. The Labute approximate surface area is 192 Å². The van der Waals surface area contributed by atoms with Crippen LogP contribution in [0.5, 0.6) is 17.2 Å². The maximum atomic E-state index is 12.8. The van der Waals surface area contributed by atoms with Gasteiger partial charge in [-0.15, -0.1) is 0 Å². The SMILES string of the molecule is CCc1ccc(Oc2coc3cc(OC(=O)c4cc([N+](=O)[O-])ccc4Cl)ccc3c2=O)cc1. The highest BCUT2D eigenvalue weighted by molar-refractivity contribution is 6.33. The number of halogens is 1. The summed E-state index contributed by atoms with van der Waals surface area (Å²) in [5, 5.41) is 11.2. The van der Waals surface area contributed by atoms with Gasteiger partial charge in [-0.2, -0.15) is 0 Å². The summed E-state index contributed by atoms with van der Waals surface area (Å²) in [5.41, 5.74) is 0.457. The van der Waals surface area contributed by atoms with Crippen molar-refractivity contribution in [2.75, 3.05) is 0 Å². The molecule has 33 heavy (non-hydrogen) atoms. The minimum Gasteiger partial charge on any atom is -0.460 e. The van der Waals surface area contributed by atoms with Crippen LogP contribution in [0.3, 0.4) is 0 Å². The number of carbonyl (C=O) groups is 1. The van der Waals surface area contributed by atoms with Crippen molar-refractivity contribution in [1.82, 2.24) is 0 Å². The summed E-state index contributed by atoms with van der Waals surface area (Å²) in [6.45, 7) is 2.04. The number of rotatable bonds is 6. The van der Waals surface area contributed by atoms with Crippen LogP contribution in [0.2, 0.25) is 5.02 Å². The van der Waals surface area contributed by atoms with E-state index in [0.29, 0.717) is 5.75 Å².